The highest BCUT2D eigenvalue weighted by Crippen LogP contribution is 2.25. The molecule has 0 saturated heterocycles. The number of rotatable bonds is 7. The van der Waals surface area contributed by atoms with Gasteiger partial charge in [0.05, 0.1) is 0 Å². The molecule has 2 nitrogen and oxygen atoms in total. The first-order valence-electron chi connectivity index (χ1n) is 6.41. The maximum Gasteiger partial charge on any atom is 0.0325 e. The summed E-state index contributed by atoms with van der Waals surface area (Å²) in [7, 11) is 6.44. The summed E-state index contributed by atoms with van der Waals surface area (Å²) in [5, 5.41) is 5.66. The summed E-state index contributed by atoms with van der Waals surface area (Å²) in [5.74, 6) is 0. The average molecular weight is 254 g/mol. The number of aryl methyl sites for hydroxylation is 1. The van der Waals surface area contributed by atoms with Gasteiger partial charge in [-0.3, -0.25) is 0 Å². The van der Waals surface area contributed by atoms with Gasteiger partial charge in [0.15, 0.2) is 0 Å². The number of likely N-dealkylation sites (N-methyl/N-ethyl adjacent to an activating group) is 2. The normalized spacial score (nSPS) is 17.1. The van der Waals surface area contributed by atoms with Crippen molar-refractivity contribution in [2.45, 2.75) is 44.7 Å². The van der Waals surface area contributed by atoms with Crippen molar-refractivity contribution in [1.29, 1.82) is 0 Å². The lowest BCUT2D eigenvalue weighted by atomic mass is 9.85. The summed E-state index contributed by atoms with van der Waals surface area (Å²) >= 11 is 1.86. The molecular weight excluding hydrogens is 228 g/mol. The van der Waals surface area contributed by atoms with E-state index in [1.807, 2.05) is 11.3 Å². The Bertz CT molecular complexity index is 308. The molecule has 0 aromatic carbocycles. The van der Waals surface area contributed by atoms with Gasteiger partial charge in [-0.15, -0.1) is 11.3 Å². The third-order valence-electron chi connectivity index (χ3n) is 4.10. The van der Waals surface area contributed by atoms with E-state index in [1.54, 1.807) is 0 Å². The molecule has 0 aliphatic carbocycles. The fourth-order valence-electron chi connectivity index (χ4n) is 2.38. The van der Waals surface area contributed by atoms with Crippen LogP contribution >= 0.6 is 11.3 Å². The Balaban J connectivity index is 2.63. The largest absolute Gasteiger partial charge is 0.315 e. The molecule has 1 aromatic rings. The Kier molecular flexibility index (Phi) is 5.63. The highest BCUT2D eigenvalue weighted by molar-refractivity contribution is 7.09. The second-order valence-electron chi connectivity index (χ2n) is 5.06. The minimum atomic E-state index is 0.228. The summed E-state index contributed by atoms with van der Waals surface area (Å²) in [4.78, 5) is 3.84. The lowest BCUT2D eigenvalue weighted by Gasteiger charge is -2.42. The minimum absolute atomic E-state index is 0.228. The maximum atomic E-state index is 3.50. The van der Waals surface area contributed by atoms with Gasteiger partial charge in [0.25, 0.3) is 0 Å². The molecule has 0 fully saturated rings. The van der Waals surface area contributed by atoms with Crippen LogP contribution in [0.1, 0.15) is 31.6 Å². The Morgan fingerprint density at radius 1 is 1.47 bits per heavy atom. The molecule has 17 heavy (non-hydrogen) atoms. The van der Waals surface area contributed by atoms with E-state index in [0.29, 0.717) is 6.04 Å². The molecular formula is C14H26N2S. The van der Waals surface area contributed by atoms with Crippen molar-refractivity contribution in [2.24, 2.45) is 0 Å². The van der Waals surface area contributed by atoms with Crippen molar-refractivity contribution in [3.8, 4) is 0 Å². The second kappa shape index (κ2) is 6.53. The molecule has 1 rings (SSSR count). The standard InChI is InChI=1S/C14H26N2S/c1-6-14(2,16(4)5)13(15-3)10-9-12-8-7-11-17-12/h7-8,11,13,15H,6,9-10H2,1-5H3. The van der Waals surface area contributed by atoms with E-state index < -0.39 is 0 Å². The fourth-order valence-corrected chi connectivity index (χ4v) is 3.11. The summed E-state index contributed by atoms with van der Waals surface area (Å²) in [6.45, 7) is 4.62. The molecule has 2 unspecified atom stereocenters. The van der Waals surface area contributed by atoms with Crippen LogP contribution in [0.2, 0.25) is 0 Å². The van der Waals surface area contributed by atoms with E-state index in [2.05, 4.69) is 62.7 Å². The van der Waals surface area contributed by atoms with E-state index in [4.69, 9.17) is 0 Å². The van der Waals surface area contributed by atoms with Crippen LogP contribution in [0.4, 0.5) is 0 Å². The van der Waals surface area contributed by atoms with Gasteiger partial charge in [0, 0.05) is 16.5 Å². The maximum absolute atomic E-state index is 3.50. The van der Waals surface area contributed by atoms with Crippen LogP contribution in [0.25, 0.3) is 0 Å². The van der Waals surface area contributed by atoms with Crippen LogP contribution in [-0.4, -0.2) is 37.6 Å². The number of hydrogen-bond donors (Lipinski definition) is 1. The molecule has 0 spiro atoms. The van der Waals surface area contributed by atoms with Crippen LogP contribution in [0.3, 0.4) is 0 Å². The van der Waals surface area contributed by atoms with Crippen molar-refractivity contribution in [3.63, 3.8) is 0 Å². The first kappa shape index (κ1) is 14.7. The topological polar surface area (TPSA) is 15.3 Å². The van der Waals surface area contributed by atoms with Gasteiger partial charge in [-0.2, -0.15) is 0 Å². The number of nitrogens with zero attached hydrogens (tertiary/aromatic N) is 1. The molecule has 1 N–H and O–H groups in total. The van der Waals surface area contributed by atoms with Gasteiger partial charge in [-0.05, 0) is 58.8 Å². The van der Waals surface area contributed by atoms with Gasteiger partial charge in [-0.25, -0.2) is 0 Å². The van der Waals surface area contributed by atoms with E-state index in [0.717, 1.165) is 6.42 Å². The van der Waals surface area contributed by atoms with E-state index in [-0.39, 0.29) is 5.54 Å². The zero-order valence-electron chi connectivity index (χ0n) is 11.8. The number of thiophene rings is 1. The monoisotopic (exact) mass is 254 g/mol. The SMILES string of the molecule is CCC(C)(C(CCc1cccs1)NC)N(C)C. The molecule has 0 amide bonds. The summed E-state index contributed by atoms with van der Waals surface area (Å²) in [6, 6.07) is 4.90. The van der Waals surface area contributed by atoms with Gasteiger partial charge in [-0.1, -0.05) is 13.0 Å². The smallest absolute Gasteiger partial charge is 0.0325 e. The van der Waals surface area contributed by atoms with Crippen molar-refractivity contribution >= 4 is 11.3 Å². The lowest BCUT2D eigenvalue weighted by molar-refractivity contribution is 0.112. The Morgan fingerprint density at radius 3 is 2.59 bits per heavy atom. The molecule has 1 heterocycles. The summed E-state index contributed by atoms with van der Waals surface area (Å²) < 4.78 is 0. The average Bonchev–Trinajstić information content (AvgIpc) is 2.82. The third kappa shape index (κ3) is 3.54. The predicted molar refractivity (Wildman–Crippen MR) is 77.9 cm³/mol. The van der Waals surface area contributed by atoms with Gasteiger partial charge in [0.1, 0.15) is 0 Å². The Labute approximate surface area is 110 Å². The second-order valence-corrected chi connectivity index (χ2v) is 6.10. The zero-order chi connectivity index (χ0) is 12.9. The quantitative estimate of drug-likeness (QED) is 0.805. The summed E-state index contributed by atoms with van der Waals surface area (Å²) in [6.07, 6.45) is 3.53. The first-order chi connectivity index (χ1) is 8.04. The van der Waals surface area contributed by atoms with Crippen LogP contribution in [0, 0.1) is 0 Å². The van der Waals surface area contributed by atoms with Crippen LogP contribution in [-0.2, 0) is 6.42 Å². The van der Waals surface area contributed by atoms with Crippen LogP contribution in [0.5, 0.6) is 0 Å². The third-order valence-corrected chi connectivity index (χ3v) is 5.03. The molecule has 0 radical (unpaired) electrons. The highest BCUT2D eigenvalue weighted by Gasteiger charge is 2.33. The van der Waals surface area contributed by atoms with E-state index in [9.17, 15) is 0 Å². The molecule has 98 valence electrons. The van der Waals surface area contributed by atoms with E-state index >= 15 is 0 Å². The molecule has 0 aliphatic rings. The molecule has 0 saturated carbocycles. The highest BCUT2D eigenvalue weighted by atomic mass is 32.1. The lowest BCUT2D eigenvalue weighted by Crippen LogP contribution is -2.56. The molecule has 2 atom stereocenters. The number of hydrogen-bond acceptors (Lipinski definition) is 3. The zero-order valence-corrected chi connectivity index (χ0v) is 12.6. The van der Waals surface area contributed by atoms with Gasteiger partial charge < -0.3 is 10.2 Å². The fraction of sp³-hybridized carbons (Fsp3) is 0.714. The van der Waals surface area contributed by atoms with Gasteiger partial charge >= 0.3 is 0 Å². The van der Waals surface area contributed by atoms with Crippen LogP contribution < -0.4 is 5.32 Å². The molecule has 3 heteroatoms. The van der Waals surface area contributed by atoms with Gasteiger partial charge in [0.2, 0.25) is 0 Å². The Morgan fingerprint density at radius 2 is 2.18 bits per heavy atom. The summed E-state index contributed by atoms with van der Waals surface area (Å²) in [5.41, 5.74) is 0.228. The Hall–Kier alpha value is -0.380. The number of nitrogens with one attached hydrogen (secondary N) is 1. The molecule has 0 aliphatic heterocycles. The molecule has 1 aromatic heterocycles. The van der Waals surface area contributed by atoms with Crippen LogP contribution in [0.15, 0.2) is 17.5 Å². The van der Waals surface area contributed by atoms with Crippen molar-refractivity contribution in [3.05, 3.63) is 22.4 Å². The molecule has 0 bridgehead atoms. The van der Waals surface area contributed by atoms with Crippen molar-refractivity contribution in [1.82, 2.24) is 10.2 Å². The predicted octanol–water partition coefficient (Wildman–Crippen LogP) is 3.00. The first-order valence-corrected chi connectivity index (χ1v) is 7.29. The van der Waals surface area contributed by atoms with E-state index in [1.165, 1.54) is 17.7 Å². The minimum Gasteiger partial charge on any atom is -0.315 e. The van der Waals surface area contributed by atoms with Crippen molar-refractivity contribution < 1.29 is 0 Å². The van der Waals surface area contributed by atoms with Crippen molar-refractivity contribution in [2.75, 3.05) is 21.1 Å².